The fourth-order valence-corrected chi connectivity index (χ4v) is 2.74. The zero-order chi connectivity index (χ0) is 18.6. The normalized spacial score (nSPS) is 12.3. The summed E-state index contributed by atoms with van der Waals surface area (Å²) in [5, 5.41) is 0. The second-order valence-corrected chi connectivity index (χ2v) is 7.45. The molecule has 6 nitrogen and oxygen atoms in total. The van der Waals surface area contributed by atoms with Crippen LogP contribution in [0.5, 0.6) is 5.75 Å². The Balaban J connectivity index is 2.07. The summed E-state index contributed by atoms with van der Waals surface area (Å²) in [7, 11) is -1.82. The predicted molar refractivity (Wildman–Crippen MR) is 91.8 cm³/mol. The Labute approximate surface area is 146 Å². The molecule has 25 heavy (non-hydrogen) atoms. The van der Waals surface area contributed by atoms with E-state index in [1.807, 2.05) is 0 Å². The highest BCUT2D eigenvalue weighted by atomic mass is 32.2. The molecule has 0 radical (unpaired) electrons. The van der Waals surface area contributed by atoms with Gasteiger partial charge in [-0.1, -0.05) is 0 Å². The number of ether oxygens (including phenoxy) is 2. The lowest BCUT2D eigenvalue weighted by Crippen LogP contribution is -2.24. The first-order chi connectivity index (χ1) is 11.7. The van der Waals surface area contributed by atoms with Crippen LogP contribution in [0.1, 0.15) is 27.6 Å². The summed E-state index contributed by atoms with van der Waals surface area (Å²) >= 11 is 0. The number of Topliss-reactive ketones (excluding diaryl/α,β-unsaturated/α-hetero) is 1. The maximum absolute atomic E-state index is 12.3. The molecule has 0 saturated heterocycles. The van der Waals surface area contributed by atoms with Crippen LogP contribution in [0.15, 0.2) is 53.4 Å². The summed E-state index contributed by atoms with van der Waals surface area (Å²) in [6.07, 6.45) is 0.103. The number of esters is 1. The van der Waals surface area contributed by atoms with Crippen molar-refractivity contribution in [2.45, 2.75) is 17.9 Å². The minimum Gasteiger partial charge on any atom is -0.497 e. The summed E-state index contributed by atoms with van der Waals surface area (Å²) in [5.41, 5.74) is 0.565. The van der Waals surface area contributed by atoms with Crippen LogP contribution < -0.4 is 4.74 Å². The number of carbonyl (C=O) groups excluding carboxylic acids is 2. The van der Waals surface area contributed by atoms with E-state index < -0.39 is 21.9 Å². The Morgan fingerprint density at radius 2 is 1.44 bits per heavy atom. The zero-order valence-electron chi connectivity index (χ0n) is 14.1. The summed E-state index contributed by atoms with van der Waals surface area (Å²) in [6.45, 7) is 1.48. The van der Waals surface area contributed by atoms with Crippen molar-refractivity contribution >= 4 is 21.6 Å². The van der Waals surface area contributed by atoms with E-state index in [0.29, 0.717) is 11.3 Å². The van der Waals surface area contributed by atoms with Gasteiger partial charge in [0.15, 0.2) is 15.9 Å². The quantitative estimate of drug-likeness (QED) is 0.580. The molecule has 2 aromatic rings. The molecule has 0 amide bonds. The van der Waals surface area contributed by atoms with Crippen LogP contribution in [0.2, 0.25) is 0 Å². The van der Waals surface area contributed by atoms with Gasteiger partial charge in [0.05, 0.1) is 17.6 Å². The van der Waals surface area contributed by atoms with E-state index in [1.54, 1.807) is 24.3 Å². The van der Waals surface area contributed by atoms with Gasteiger partial charge in [-0.25, -0.2) is 13.2 Å². The first-order valence-corrected chi connectivity index (χ1v) is 9.31. The molecule has 0 heterocycles. The number of ketones is 1. The van der Waals surface area contributed by atoms with Gasteiger partial charge in [-0.15, -0.1) is 0 Å². The molecule has 2 aromatic carbocycles. The fourth-order valence-electron chi connectivity index (χ4n) is 2.11. The van der Waals surface area contributed by atoms with E-state index in [2.05, 4.69) is 0 Å². The van der Waals surface area contributed by atoms with Gasteiger partial charge in [-0.2, -0.15) is 0 Å². The molecule has 0 bridgehead atoms. The van der Waals surface area contributed by atoms with E-state index in [-0.39, 0.29) is 16.2 Å². The molecule has 1 atom stereocenters. The molecule has 0 unspecified atom stereocenters. The Bertz CT molecular complexity index is 867. The van der Waals surface area contributed by atoms with E-state index >= 15 is 0 Å². The van der Waals surface area contributed by atoms with Gasteiger partial charge in [0.1, 0.15) is 5.75 Å². The Hall–Kier alpha value is -2.67. The third-order valence-corrected chi connectivity index (χ3v) is 4.67. The van der Waals surface area contributed by atoms with E-state index in [4.69, 9.17) is 9.47 Å². The van der Waals surface area contributed by atoms with Crippen molar-refractivity contribution in [3.63, 3.8) is 0 Å². The maximum Gasteiger partial charge on any atom is 0.338 e. The molecule has 0 aliphatic rings. The lowest BCUT2D eigenvalue weighted by molar-refractivity contribution is 0.0318. The molecule has 0 N–H and O–H groups in total. The minimum atomic E-state index is -3.34. The third kappa shape index (κ3) is 4.67. The standard InChI is InChI=1S/C18H18O6S/c1-12(17(19)13-4-8-15(23-2)9-5-13)24-18(20)14-6-10-16(11-7-14)25(3,21)22/h4-12H,1-3H3/t12-/m1/s1. The number of methoxy groups -OCH3 is 1. The first kappa shape index (κ1) is 18.7. The molecule has 7 heteroatoms. The molecule has 0 fully saturated rings. The van der Waals surface area contributed by atoms with Crippen molar-refractivity contribution in [3.8, 4) is 5.75 Å². The lowest BCUT2D eigenvalue weighted by Gasteiger charge is -2.13. The van der Waals surface area contributed by atoms with Gasteiger partial charge in [0.25, 0.3) is 0 Å². The van der Waals surface area contributed by atoms with Gasteiger partial charge in [-0.3, -0.25) is 4.79 Å². The van der Waals surface area contributed by atoms with Gasteiger partial charge < -0.3 is 9.47 Å². The van der Waals surface area contributed by atoms with E-state index in [0.717, 1.165) is 6.26 Å². The lowest BCUT2D eigenvalue weighted by atomic mass is 10.1. The van der Waals surface area contributed by atoms with Crippen molar-refractivity contribution in [1.82, 2.24) is 0 Å². The third-order valence-electron chi connectivity index (χ3n) is 3.55. The number of hydrogen-bond donors (Lipinski definition) is 0. The second kappa shape index (κ2) is 7.48. The number of sulfone groups is 1. The Morgan fingerprint density at radius 3 is 1.92 bits per heavy atom. The molecular formula is C18H18O6S. The largest absolute Gasteiger partial charge is 0.497 e. The topological polar surface area (TPSA) is 86.7 Å². The molecule has 0 spiro atoms. The maximum atomic E-state index is 12.3. The van der Waals surface area contributed by atoms with Crippen molar-refractivity contribution in [2.75, 3.05) is 13.4 Å². The number of benzene rings is 2. The summed E-state index contributed by atoms with van der Waals surface area (Å²) in [4.78, 5) is 24.5. The van der Waals surface area contributed by atoms with Crippen molar-refractivity contribution in [3.05, 3.63) is 59.7 Å². The van der Waals surface area contributed by atoms with Crippen molar-refractivity contribution in [2.24, 2.45) is 0 Å². The van der Waals surface area contributed by atoms with Crippen LogP contribution in [0, 0.1) is 0 Å². The van der Waals surface area contributed by atoms with Gasteiger partial charge >= 0.3 is 5.97 Å². The molecule has 2 rings (SSSR count). The Kier molecular flexibility index (Phi) is 5.58. The molecule has 0 saturated carbocycles. The highest BCUT2D eigenvalue weighted by Gasteiger charge is 2.20. The highest BCUT2D eigenvalue weighted by molar-refractivity contribution is 7.90. The monoisotopic (exact) mass is 362 g/mol. The van der Waals surface area contributed by atoms with Crippen LogP contribution in [0.3, 0.4) is 0 Å². The molecule has 0 aliphatic carbocycles. The average molecular weight is 362 g/mol. The number of carbonyl (C=O) groups is 2. The van der Waals surface area contributed by atoms with Crippen LogP contribution in [0.25, 0.3) is 0 Å². The summed E-state index contributed by atoms with van der Waals surface area (Å²) in [6, 6.07) is 11.8. The second-order valence-electron chi connectivity index (χ2n) is 5.44. The van der Waals surface area contributed by atoms with Crippen LogP contribution in [0.4, 0.5) is 0 Å². The summed E-state index contributed by atoms with van der Waals surface area (Å²) in [5.74, 6) is -0.426. The van der Waals surface area contributed by atoms with Gasteiger partial charge in [0.2, 0.25) is 5.78 Å². The Morgan fingerprint density at radius 1 is 0.920 bits per heavy atom. The van der Waals surface area contributed by atoms with Crippen LogP contribution in [-0.4, -0.2) is 39.6 Å². The zero-order valence-corrected chi connectivity index (χ0v) is 14.9. The number of hydrogen-bond acceptors (Lipinski definition) is 6. The van der Waals surface area contributed by atoms with Gasteiger partial charge in [-0.05, 0) is 55.5 Å². The average Bonchev–Trinajstić information content (AvgIpc) is 2.60. The van der Waals surface area contributed by atoms with Crippen molar-refractivity contribution in [1.29, 1.82) is 0 Å². The van der Waals surface area contributed by atoms with Crippen LogP contribution in [-0.2, 0) is 14.6 Å². The molecule has 0 aromatic heterocycles. The molecule has 0 aliphatic heterocycles. The summed E-state index contributed by atoms with van der Waals surface area (Å²) < 4.78 is 33.0. The highest BCUT2D eigenvalue weighted by Crippen LogP contribution is 2.15. The van der Waals surface area contributed by atoms with Gasteiger partial charge in [0, 0.05) is 11.8 Å². The molecular weight excluding hydrogens is 344 g/mol. The fraction of sp³-hybridized carbons (Fsp3) is 0.222. The SMILES string of the molecule is COc1ccc(C(=O)[C@@H](C)OC(=O)c2ccc(S(C)(=O)=O)cc2)cc1. The number of rotatable bonds is 6. The van der Waals surface area contributed by atoms with E-state index in [9.17, 15) is 18.0 Å². The first-order valence-electron chi connectivity index (χ1n) is 7.41. The molecule has 132 valence electrons. The van der Waals surface area contributed by atoms with E-state index in [1.165, 1.54) is 38.3 Å². The predicted octanol–water partition coefficient (Wildman–Crippen LogP) is 2.53. The smallest absolute Gasteiger partial charge is 0.338 e. The minimum absolute atomic E-state index is 0.103. The van der Waals surface area contributed by atoms with Crippen LogP contribution >= 0.6 is 0 Å². The van der Waals surface area contributed by atoms with Crippen molar-refractivity contribution < 1.29 is 27.5 Å².